The number of hydrogen-bond donors (Lipinski definition) is 3. The van der Waals surface area contributed by atoms with E-state index in [0.717, 1.165) is 17.7 Å². The summed E-state index contributed by atoms with van der Waals surface area (Å²) in [6, 6.07) is 7.45. The van der Waals surface area contributed by atoms with E-state index in [1.807, 2.05) is 24.3 Å². The van der Waals surface area contributed by atoms with E-state index in [1.54, 1.807) is 0 Å². The molecule has 0 aromatic heterocycles. The van der Waals surface area contributed by atoms with Crippen molar-refractivity contribution >= 4 is 11.6 Å². The van der Waals surface area contributed by atoms with Gasteiger partial charge in [0.1, 0.15) is 1.41 Å². The largest absolute Gasteiger partial charge is 0.326 e. The third kappa shape index (κ3) is 2.40. The highest BCUT2D eigenvalue weighted by Gasteiger charge is 2.24. The number of carbonyl (C=O) groups is 1. The molecule has 0 radical (unpaired) electrons. The van der Waals surface area contributed by atoms with E-state index >= 15 is 0 Å². The maximum atomic E-state index is 11.0. The Morgan fingerprint density at radius 1 is 1.69 bits per heavy atom. The monoisotopic (exact) mass is 220 g/mol. The zero-order valence-electron chi connectivity index (χ0n) is 10.3. The second-order valence-corrected chi connectivity index (χ2v) is 4.11. The lowest BCUT2D eigenvalue weighted by molar-refractivity contribution is -0.114. The number of anilines is 1. The maximum absolute atomic E-state index is 11.0. The molecule has 1 saturated heterocycles. The minimum Gasteiger partial charge on any atom is -0.326 e. The summed E-state index contributed by atoms with van der Waals surface area (Å²) in [5.41, 5.74) is 7.74. The third-order valence-electron chi connectivity index (χ3n) is 2.74. The number of carbonyl (C=O) groups excluding carboxylic acids is 1. The van der Waals surface area contributed by atoms with Gasteiger partial charge in [0.15, 0.2) is 0 Å². The molecule has 2 atom stereocenters. The molecular formula is C12H17N3O. The highest BCUT2D eigenvalue weighted by atomic mass is 16.1. The molecule has 0 aliphatic carbocycles. The van der Waals surface area contributed by atoms with Crippen molar-refractivity contribution in [3.8, 4) is 0 Å². The molecule has 0 bridgehead atoms. The maximum Gasteiger partial charge on any atom is 0.221 e. The number of hydrogen-bond acceptors (Lipinski definition) is 3. The zero-order valence-corrected chi connectivity index (χ0v) is 9.31. The minimum atomic E-state index is -0.0967. The molecule has 1 aliphatic rings. The van der Waals surface area contributed by atoms with Crippen molar-refractivity contribution < 1.29 is 6.21 Å². The fourth-order valence-electron chi connectivity index (χ4n) is 2.01. The molecule has 1 aliphatic heterocycles. The lowest BCUT2D eigenvalue weighted by Crippen LogP contribution is -2.28. The molecule has 16 heavy (non-hydrogen) atoms. The summed E-state index contributed by atoms with van der Waals surface area (Å²) in [5.74, 6) is -0.0967. The van der Waals surface area contributed by atoms with Gasteiger partial charge in [0.2, 0.25) is 5.91 Å². The van der Waals surface area contributed by atoms with E-state index in [1.165, 1.54) is 12.2 Å². The second-order valence-electron chi connectivity index (χ2n) is 4.11. The zero-order chi connectivity index (χ0) is 12.4. The molecule has 4 nitrogen and oxygen atoms in total. The van der Waals surface area contributed by atoms with Crippen molar-refractivity contribution in [2.24, 2.45) is 5.73 Å². The Bertz CT molecular complexity index is 414. The molecular weight excluding hydrogens is 202 g/mol. The Kier molecular flexibility index (Phi) is 2.84. The van der Waals surface area contributed by atoms with E-state index in [-0.39, 0.29) is 18.0 Å². The van der Waals surface area contributed by atoms with Crippen LogP contribution in [0.4, 0.5) is 5.69 Å². The fourth-order valence-corrected chi connectivity index (χ4v) is 2.01. The molecule has 4 heteroatoms. The van der Waals surface area contributed by atoms with E-state index < -0.39 is 0 Å². The van der Waals surface area contributed by atoms with Gasteiger partial charge in [-0.1, -0.05) is 12.1 Å². The van der Waals surface area contributed by atoms with Gasteiger partial charge in [-0.15, -0.1) is 0 Å². The summed E-state index contributed by atoms with van der Waals surface area (Å²) >= 11 is 0. The van der Waals surface area contributed by atoms with Crippen LogP contribution in [0.1, 0.15) is 24.9 Å². The summed E-state index contributed by atoms with van der Waals surface area (Å²) in [4.78, 5) is 11.0. The molecule has 2 rings (SSSR count). The van der Waals surface area contributed by atoms with Crippen molar-refractivity contribution in [3.05, 3.63) is 29.8 Å². The predicted octanol–water partition coefficient (Wildman–Crippen LogP) is 1.01. The first-order valence-corrected chi connectivity index (χ1v) is 5.46. The average Bonchev–Trinajstić information content (AvgIpc) is 2.58. The summed E-state index contributed by atoms with van der Waals surface area (Å²) in [6.45, 7) is 2.17. The normalized spacial score (nSPS) is 26.5. The molecule has 1 unspecified atom stereocenters. The van der Waals surface area contributed by atoms with Crippen molar-refractivity contribution in [1.29, 1.82) is 0 Å². The Hall–Kier alpha value is -1.39. The van der Waals surface area contributed by atoms with Gasteiger partial charge in [0.25, 0.3) is 0 Å². The number of benzene rings is 1. The van der Waals surface area contributed by atoms with Crippen LogP contribution in [0.15, 0.2) is 24.3 Å². The van der Waals surface area contributed by atoms with E-state index in [0.29, 0.717) is 6.54 Å². The van der Waals surface area contributed by atoms with E-state index in [2.05, 4.69) is 5.32 Å². The van der Waals surface area contributed by atoms with Gasteiger partial charge in [-0.05, 0) is 30.7 Å². The fraction of sp³-hybridized carbons (Fsp3) is 0.417. The Morgan fingerprint density at radius 3 is 3.12 bits per heavy atom. The first kappa shape index (κ1) is 9.81. The molecule has 86 valence electrons. The van der Waals surface area contributed by atoms with Crippen molar-refractivity contribution in [2.75, 3.05) is 11.9 Å². The minimum absolute atomic E-state index is 0.0138. The molecule has 1 aromatic carbocycles. The van der Waals surface area contributed by atoms with Crippen LogP contribution < -0.4 is 16.4 Å². The lowest BCUT2D eigenvalue weighted by atomic mass is 10.0. The van der Waals surface area contributed by atoms with Crippen LogP contribution >= 0.6 is 0 Å². The number of amides is 1. The van der Waals surface area contributed by atoms with Gasteiger partial charge < -0.3 is 16.4 Å². The van der Waals surface area contributed by atoms with E-state index in [9.17, 15) is 4.79 Å². The van der Waals surface area contributed by atoms with Gasteiger partial charge in [-0.3, -0.25) is 4.79 Å². The van der Waals surface area contributed by atoms with Gasteiger partial charge >= 0.3 is 0 Å². The van der Waals surface area contributed by atoms with Crippen LogP contribution in [0.3, 0.4) is 0 Å². The lowest BCUT2D eigenvalue weighted by Gasteiger charge is -2.16. The molecule has 1 heterocycles. The van der Waals surface area contributed by atoms with Gasteiger partial charge in [-0.2, -0.15) is 0 Å². The Balaban J connectivity index is 2.23. The van der Waals surface area contributed by atoms with Crippen molar-refractivity contribution in [3.63, 3.8) is 0 Å². The number of rotatable bonds is 2. The molecule has 1 fully saturated rings. The predicted molar refractivity (Wildman–Crippen MR) is 64.1 cm³/mol. The van der Waals surface area contributed by atoms with Crippen LogP contribution in [-0.4, -0.2) is 18.5 Å². The summed E-state index contributed by atoms with van der Waals surface area (Å²) < 4.78 is 7.84. The number of nitrogens with one attached hydrogen (secondary N) is 2. The van der Waals surface area contributed by atoms with Crippen LogP contribution in [0.25, 0.3) is 0 Å². The molecule has 0 saturated carbocycles. The van der Waals surface area contributed by atoms with Crippen LogP contribution in [0, 0.1) is 0 Å². The molecule has 0 spiro atoms. The Morgan fingerprint density at radius 2 is 2.50 bits per heavy atom. The van der Waals surface area contributed by atoms with Crippen LogP contribution in [-0.2, 0) is 4.79 Å². The third-order valence-corrected chi connectivity index (χ3v) is 2.74. The average molecular weight is 220 g/mol. The first-order valence-electron chi connectivity index (χ1n) is 5.91. The first-order chi connectivity index (χ1) is 8.08. The highest BCUT2D eigenvalue weighted by molar-refractivity contribution is 5.88. The summed E-state index contributed by atoms with van der Waals surface area (Å²) in [7, 11) is 0. The van der Waals surface area contributed by atoms with Gasteiger partial charge in [0.05, 0.1) is 0 Å². The number of nitrogens with two attached hydrogens (primary N) is 1. The molecule has 1 amide bonds. The summed E-state index contributed by atoms with van der Waals surface area (Å²) in [5, 5.41) is 4.25. The smallest absolute Gasteiger partial charge is 0.221 e. The van der Waals surface area contributed by atoms with Gasteiger partial charge in [-0.25, -0.2) is 0 Å². The standard InChI is InChI=1S/C12H17N3O/c1-8(16)15-10-4-2-3-9(7-10)12-11(13)5-6-14-12/h2-4,7,11-12,14H,5-6,13H2,1H3,(H,15,16)/t11?,12-/m1/s1/i/hD. The SMILES string of the molecule is [2H]N1CCC(N)[C@H]1c1cccc(NC(C)=O)c1. The summed E-state index contributed by atoms with van der Waals surface area (Å²) in [6.07, 6.45) is 0.832. The molecule has 1 aromatic rings. The quantitative estimate of drug-likeness (QED) is 0.696. The van der Waals surface area contributed by atoms with Gasteiger partial charge in [0, 0.05) is 24.7 Å². The van der Waals surface area contributed by atoms with E-state index in [4.69, 9.17) is 7.15 Å². The van der Waals surface area contributed by atoms with Crippen molar-refractivity contribution in [1.82, 2.24) is 5.31 Å². The van der Waals surface area contributed by atoms with Crippen LogP contribution in [0.5, 0.6) is 0 Å². The second kappa shape index (κ2) is 4.63. The highest BCUT2D eigenvalue weighted by Crippen LogP contribution is 2.24. The Labute approximate surface area is 96.7 Å². The van der Waals surface area contributed by atoms with Crippen molar-refractivity contribution in [2.45, 2.75) is 25.4 Å². The van der Waals surface area contributed by atoms with Crippen LogP contribution in [0.2, 0.25) is 1.41 Å². The molecule has 4 N–H and O–H groups in total. The topological polar surface area (TPSA) is 67.2 Å².